The van der Waals surface area contributed by atoms with Gasteiger partial charge < -0.3 is 9.16 Å². The molecule has 2 aliphatic rings. The molecular formula is C26H50O3Si. The third-order valence-electron chi connectivity index (χ3n) is 9.00. The van der Waals surface area contributed by atoms with Crippen LogP contribution in [0, 0.1) is 23.2 Å². The maximum Gasteiger partial charge on any atom is 0.302 e. The third-order valence-corrected chi connectivity index (χ3v) is 13.9. The molecule has 0 N–H and O–H groups in total. The zero-order chi connectivity index (χ0) is 22.6. The molecule has 0 saturated heterocycles. The molecule has 0 aromatic carbocycles. The van der Waals surface area contributed by atoms with Crippen LogP contribution in [0.1, 0.15) is 107 Å². The standard InChI is InChI=1S/C26H50O3Si/c1-9-30(10-2,11-3)29-25(6,7)18-12-14-20(4)22-16-17-23-24(28-21(5)27)15-13-19-26(22,23)8/h20,22-24H,9-19H2,1-8H3/t20-,22-,23?,24+,26-/m1/s1. The molecular weight excluding hydrogens is 388 g/mol. The van der Waals surface area contributed by atoms with E-state index in [9.17, 15) is 4.79 Å². The van der Waals surface area contributed by atoms with Gasteiger partial charge in [0.1, 0.15) is 6.10 Å². The SMILES string of the molecule is CC[Si](CC)(CC)OC(C)(C)CCC[C@@H](C)[C@H]1CCC2[C@@H](OC(C)=O)CCC[C@@]21C. The van der Waals surface area contributed by atoms with Gasteiger partial charge in [-0.05, 0) is 87.8 Å². The molecule has 0 aliphatic heterocycles. The summed E-state index contributed by atoms with van der Waals surface area (Å²) < 4.78 is 12.6. The average Bonchev–Trinajstić information content (AvgIpc) is 3.03. The minimum absolute atomic E-state index is 0.00134. The van der Waals surface area contributed by atoms with Crippen molar-refractivity contribution in [3.8, 4) is 0 Å². The maximum atomic E-state index is 11.6. The Morgan fingerprint density at radius 3 is 2.33 bits per heavy atom. The van der Waals surface area contributed by atoms with Crippen LogP contribution in [-0.4, -0.2) is 26.0 Å². The van der Waals surface area contributed by atoms with Crippen LogP contribution in [0.25, 0.3) is 0 Å². The lowest BCUT2D eigenvalue weighted by Gasteiger charge is -2.46. The molecule has 0 heterocycles. The van der Waals surface area contributed by atoms with Gasteiger partial charge in [0, 0.05) is 12.8 Å². The van der Waals surface area contributed by atoms with Gasteiger partial charge in [-0.15, -0.1) is 0 Å². The Labute approximate surface area is 188 Å². The monoisotopic (exact) mass is 438 g/mol. The summed E-state index contributed by atoms with van der Waals surface area (Å²) in [7, 11) is -1.55. The van der Waals surface area contributed by atoms with Crippen LogP contribution in [0.3, 0.4) is 0 Å². The van der Waals surface area contributed by atoms with E-state index in [1.807, 2.05) is 0 Å². The predicted octanol–water partition coefficient (Wildman–Crippen LogP) is 7.74. The lowest BCUT2D eigenvalue weighted by Crippen LogP contribution is -2.44. The Balaban J connectivity index is 1.92. The normalized spacial score (nSPS) is 30.7. The summed E-state index contributed by atoms with van der Waals surface area (Å²) in [6, 6.07) is 3.68. The topological polar surface area (TPSA) is 35.5 Å². The quantitative estimate of drug-likeness (QED) is 0.244. The summed E-state index contributed by atoms with van der Waals surface area (Å²) in [5.41, 5.74) is 0.347. The highest BCUT2D eigenvalue weighted by molar-refractivity contribution is 6.73. The van der Waals surface area contributed by atoms with Crippen LogP contribution < -0.4 is 0 Å². The smallest absolute Gasteiger partial charge is 0.302 e. The van der Waals surface area contributed by atoms with Crippen LogP contribution in [-0.2, 0) is 14.0 Å². The van der Waals surface area contributed by atoms with Crippen molar-refractivity contribution >= 4 is 14.3 Å². The minimum Gasteiger partial charge on any atom is -0.462 e. The van der Waals surface area contributed by atoms with Crippen molar-refractivity contribution in [1.82, 2.24) is 0 Å². The van der Waals surface area contributed by atoms with E-state index in [1.165, 1.54) is 56.7 Å². The van der Waals surface area contributed by atoms with E-state index >= 15 is 0 Å². The van der Waals surface area contributed by atoms with Crippen LogP contribution in [0.5, 0.6) is 0 Å². The van der Waals surface area contributed by atoms with Crippen molar-refractivity contribution in [3.63, 3.8) is 0 Å². The first-order valence-electron chi connectivity index (χ1n) is 12.9. The minimum atomic E-state index is -1.55. The van der Waals surface area contributed by atoms with Gasteiger partial charge in [0.2, 0.25) is 0 Å². The summed E-state index contributed by atoms with van der Waals surface area (Å²) in [5.74, 6) is 1.96. The van der Waals surface area contributed by atoms with Crippen LogP contribution in [0.4, 0.5) is 0 Å². The molecule has 0 bridgehead atoms. The molecule has 30 heavy (non-hydrogen) atoms. The maximum absolute atomic E-state index is 11.6. The molecule has 0 radical (unpaired) electrons. The molecule has 1 unspecified atom stereocenters. The third kappa shape index (κ3) is 5.91. The van der Waals surface area contributed by atoms with E-state index in [-0.39, 0.29) is 17.7 Å². The lowest BCUT2D eigenvalue weighted by atomic mass is 9.61. The van der Waals surface area contributed by atoms with Gasteiger partial charge in [-0.2, -0.15) is 0 Å². The summed E-state index contributed by atoms with van der Waals surface area (Å²) in [4.78, 5) is 11.6. The Bertz CT molecular complexity index is 548. The Hall–Kier alpha value is -0.353. The van der Waals surface area contributed by atoms with E-state index in [2.05, 4.69) is 48.5 Å². The summed E-state index contributed by atoms with van der Waals surface area (Å²) in [6.07, 6.45) is 9.95. The fraction of sp³-hybridized carbons (Fsp3) is 0.962. The number of ether oxygens (including phenoxy) is 1. The van der Waals surface area contributed by atoms with Crippen molar-refractivity contribution in [1.29, 1.82) is 0 Å². The summed E-state index contributed by atoms with van der Waals surface area (Å²) >= 11 is 0. The van der Waals surface area contributed by atoms with Gasteiger partial charge >= 0.3 is 5.97 Å². The molecule has 0 amide bonds. The van der Waals surface area contributed by atoms with Gasteiger partial charge in [0.25, 0.3) is 0 Å². The van der Waals surface area contributed by atoms with E-state index in [0.717, 1.165) is 24.7 Å². The van der Waals surface area contributed by atoms with Gasteiger partial charge in [0.15, 0.2) is 8.32 Å². The first-order chi connectivity index (χ1) is 14.0. The van der Waals surface area contributed by atoms with E-state index < -0.39 is 8.32 Å². The van der Waals surface area contributed by atoms with Gasteiger partial charge in [-0.25, -0.2) is 0 Å². The zero-order valence-electron chi connectivity index (χ0n) is 21.3. The number of rotatable bonds is 11. The van der Waals surface area contributed by atoms with E-state index in [4.69, 9.17) is 9.16 Å². The van der Waals surface area contributed by atoms with E-state index in [0.29, 0.717) is 11.3 Å². The largest absolute Gasteiger partial charge is 0.462 e. The molecule has 176 valence electrons. The highest BCUT2D eigenvalue weighted by atomic mass is 28.4. The number of carbonyl (C=O) groups is 1. The van der Waals surface area contributed by atoms with Gasteiger partial charge in [-0.3, -0.25) is 4.79 Å². The molecule has 2 rings (SSSR count). The van der Waals surface area contributed by atoms with Crippen LogP contribution >= 0.6 is 0 Å². The Kier molecular flexibility index (Phi) is 9.07. The molecule has 4 heteroatoms. The van der Waals surface area contributed by atoms with Gasteiger partial charge in [0.05, 0.1) is 5.60 Å². The molecule has 3 nitrogen and oxygen atoms in total. The lowest BCUT2D eigenvalue weighted by molar-refractivity contribution is -0.155. The highest BCUT2D eigenvalue weighted by Gasteiger charge is 2.53. The summed E-state index contributed by atoms with van der Waals surface area (Å²) in [6.45, 7) is 18.1. The molecule has 0 aromatic rings. The van der Waals surface area contributed by atoms with E-state index in [1.54, 1.807) is 6.92 Å². The second-order valence-electron chi connectivity index (χ2n) is 11.3. The first-order valence-corrected chi connectivity index (χ1v) is 15.4. The van der Waals surface area contributed by atoms with Gasteiger partial charge in [-0.1, -0.05) is 47.5 Å². The van der Waals surface area contributed by atoms with Crippen molar-refractivity contribution in [2.24, 2.45) is 23.2 Å². The Morgan fingerprint density at radius 2 is 1.77 bits per heavy atom. The fourth-order valence-electron chi connectivity index (χ4n) is 7.10. The number of hydrogen-bond donors (Lipinski definition) is 0. The number of fused-ring (bicyclic) bond motifs is 1. The first kappa shape index (κ1) is 25.9. The molecule has 0 aromatic heterocycles. The van der Waals surface area contributed by atoms with Crippen LogP contribution in [0.15, 0.2) is 0 Å². The van der Waals surface area contributed by atoms with Crippen molar-refractivity contribution < 1.29 is 14.0 Å². The molecule has 2 fully saturated rings. The molecule has 0 spiro atoms. The highest BCUT2D eigenvalue weighted by Crippen LogP contribution is 2.58. The number of hydrogen-bond acceptors (Lipinski definition) is 3. The number of carbonyl (C=O) groups excluding carboxylic acids is 1. The zero-order valence-corrected chi connectivity index (χ0v) is 22.3. The van der Waals surface area contributed by atoms with Crippen molar-refractivity contribution in [2.75, 3.05) is 0 Å². The number of esters is 1. The molecule has 5 atom stereocenters. The second kappa shape index (κ2) is 10.5. The average molecular weight is 439 g/mol. The second-order valence-corrected chi connectivity index (χ2v) is 16.0. The predicted molar refractivity (Wildman–Crippen MR) is 129 cm³/mol. The summed E-state index contributed by atoms with van der Waals surface area (Å²) in [5, 5.41) is 0. The molecule has 2 saturated carbocycles. The fourth-order valence-corrected chi connectivity index (χ4v) is 10.3. The molecule has 2 aliphatic carbocycles. The van der Waals surface area contributed by atoms with Crippen molar-refractivity contribution in [2.45, 2.75) is 137 Å². The van der Waals surface area contributed by atoms with Crippen LogP contribution in [0.2, 0.25) is 18.1 Å². The van der Waals surface area contributed by atoms with Crippen molar-refractivity contribution in [3.05, 3.63) is 0 Å². The Morgan fingerprint density at radius 1 is 1.13 bits per heavy atom.